The average molecular weight is 169 g/mol. The van der Waals surface area contributed by atoms with Crippen LogP contribution in [0.4, 0.5) is 0 Å². The molecule has 0 rings (SSSR count). The van der Waals surface area contributed by atoms with Gasteiger partial charge in [0, 0.05) is 0 Å². The van der Waals surface area contributed by atoms with E-state index in [0.717, 1.165) is 12.3 Å². The Morgan fingerprint density at radius 1 is 1.33 bits per heavy atom. The Kier molecular flexibility index (Phi) is 8.04. The number of carbonyl (C=O) groups excluding carboxylic acids is 1. The predicted octanol–water partition coefficient (Wildman–Crippen LogP) is 2.93. The molecule has 0 saturated carbocycles. The first-order valence-electron chi connectivity index (χ1n) is 4.84. The number of isocyanates is 1. The molecule has 0 heterocycles. The monoisotopic (exact) mass is 169 g/mol. The van der Waals surface area contributed by atoms with Crippen LogP contribution in [0.5, 0.6) is 0 Å². The first kappa shape index (κ1) is 11.4. The van der Waals surface area contributed by atoms with E-state index in [9.17, 15) is 4.79 Å². The molecule has 0 aliphatic heterocycles. The normalized spacial score (nSPS) is 12.2. The maximum Gasteiger partial charge on any atom is 0.234 e. The van der Waals surface area contributed by atoms with Crippen LogP contribution in [0.15, 0.2) is 4.99 Å². The minimum absolute atomic E-state index is 0.653. The van der Waals surface area contributed by atoms with Crippen LogP contribution < -0.4 is 0 Å². The summed E-state index contributed by atoms with van der Waals surface area (Å²) in [4.78, 5) is 13.2. The highest BCUT2D eigenvalue weighted by molar-refractivity contribution is 5.32. The molecular formula is C10H19NO. The summed E-state index contributed by atoms with van der Waals surface area (Å²) in [6.45, 7) is 5.13. The molecule has 0 fully saturated rings. The van der Waals surface area contributed by atoms with E-state index in [4.69, 9.17) is 0 Å². The zero-order valence-corrected chi connectivity index (χ0v) is 8.18. The van der Waals surface area contributed by atoms with Gasteiger partial charge in [0.1, 0.15) is 0 Å². The molecule has 0 spiro atoms. The summed E-state index contributed by atoms with van der Waals surface area (Å²) in [5.74, 6) is 0.784. The van der Waals surface area contributed by atoms with Crippen LogP contribution in [0.2, 0.25) is 0 Å². The Balaban J connectivity index is 3.18. The van der Waals surface area contributed by atoms with Gasteiger partial charge in [-0.25, -0.2) is 9.79 Å². The molecule has 2 heteroatoms. The molecule has 0 aliphatic carbocycles. The molecule has 1 unspecified atom stereocenters. The second kappa shape index (κ2) is 8.48. The van der Waals surface area contributed by atoms with E-state index >= 15 is 0 Å². The maximum absolute atomic E-state index is 9.73. The number of unbranched alkanes of at least 4 members (excludes halogenated alkanes) is 1. The van der Waals surface area contributed by atoms with Crippen LogP contribution in [-0.2, 0) is 4.79 Å². The van der Waals surface area contributed by atoms with Crippen molar-refractivity contribution in [2.45, 2.75) is 46.0 Å². The Morgan fingerprint density at radius 3 is 2.58 bits per heavy atom. The number of hydrogen-bond donors (Lipinski definition) is 0. The summed E-state index contributed by atoms with van der Waals surface area (Å²) < 4.78 is 0. The lowest BCUT2D eigenvalue weighted by Gasteiger charge is -2.08. The van der Waals surface area contributed by atoms with E-state index in [1.807, 2.05) is 0 Å². The van der Waals surface area contributed by atoms with E-state index in [2.05, 4.69) is 18.8 Å². The second-order valence-electron chi connectivity index (χ2n) is 3.36. The molecule has 2 nitrogen and oxygen atoms in total. The summed E-state index contributed by atoms with van der Waals surface area (Å²) in [7, 11) is 0. The van der Waals surface area contributed by atoms with Crippen molar-refractivity contribution in [1.82, 2.24) is 0 Å². The van der Waals surface area contributed by atoms with Gasteiger partial charge in [0.15, 0.2) is 0 Å². The van der Waals surface area contributed by atoms with Crippen LogP contribution in [0.25, 0.3) is 0 Å². The topological polar surface area (TPSA) is 29.4 Å². The Morgan fingerprint density at radius 2 is 2.00 bits per heavy atom. The number of aliphatic imine (C=N–C) groups is 1. The molecule has 0 saturated heterocycles. The van der Waals surface area contributed by atoms with Crippen LogP contribution in [0.1, 0.15) is 46.0 Å². The molecule has 1 atom stereocenters. The van der Waals surface area contributed by atoms with Crippen LogP contribution >= 0.6 is 0 Å². The van der Waals surface area contributed by atoms with E-state index in [0.29, 0.717) is 6.54 Å². The summed E-state index contributed by atoms with van der Waals surface area (Å²) in [6, 6.07) is 0. The Labute approximate surface area is 75.1 Å². The van der Waals surface area contributed by atoms with Gasteiger partial charge in [-0.05, 0) is 18.8 Å². The number of nitrogens with zero attached hydrogens (tertiary/aromatic N) is 1. The molecule has 0 N–H and O–H groups in total. The third-order valence-electron chi connectivity index (χ3n) is 2.08. The fourth-order valence-electron chi connectivity index (χ4n) is 1.26. The van der Waals surface area contributed by atoms with Crippen molar-refractivity contribution in [1.29, 1.82) is 0 Å². The minimum Gasteiger partial charge on any atom is -0.211 e. The highest BCUT2D eigenvalue weighted by Gasteiger charge is 1.99. The van der Waals surface area contributed by atoms with Gasteiger partial charge in [0.2, 0.25) is 6.08 Å². The molecule has 0 amide bonds. The van der Waals surface area contributed by atoms with Crippen LogP contribution in [0, 0.1) is 5.92 Å². The second-order valence-corrected chi connectivity index (χ2v) is 3.36. The highest BCUT2D eigenvalue weighted by Crippen LogP contribution is 2.13. The summed E-state index contributed by atoms with van der Waals surface area (Å²) in [6.07, 6.45) is 7.67. The van der Waals surface area contributed by atoms with Crippen LogP contribution in [-0.4, -0.2) is 12.6 Å². The molecule has 0 radical (unpaired) electrons. The van der Waals surface area contributed by atoms with Crippen molar-refractivity contribution in [3.8, 4) is 0 Å². The number of rotatable bonds is 7. The standard InChI is InChI=1S/C10H19NO/c1-3-4-6-10(2)7-5-8-11-9-12/h10H,3-8H2,1-2H3. The van der Waals surface area contributed by atoms with Crippen molar-refractivity contribution in [3.63, 3.8) is 0 Å². The first-order chi connectivity index (χ1) is 5.81. The third-order valence-corrected chi connectivity index (χ3v) is 2.08. The smallest absolute Gasteiger partial charge is 0.211 e. The molecule has 0 aromatic rings. The Hall–Kier alpha value is -0.620. The molecular weight excluding hydrogens is 150 g/mol. The predicted molar refractivity (Wildman–Crippen MR) is 50.9 cm³/mol. The zero-order valence-electron chi connectivity index (χ0n) is 8.18. The molecule has 0 aliphatic rings. The van der Waals surface area contributed by atoms with Gasteiger partial charge >= 0.3 is 0 Å². The fourth-order valence-corrected chi connectivity index (χ4v) is 1.26. The quantitative estimate of drug-likeness (QED) is 0.327. The average Bonchev–Trinajstić information content (AvgIpc) is 2.09. The maximum atomic E-state index is 9.73. The first-order valence-corrected chi connectivity index (χ1v) is 4.84. The van der Waals surface area contributed by atoms with Gasteiger partial charge in [-0.3, -0.25) is 0 Å². The van der Waals surface area contributed by atoms with Gasteiger partial charge in [0.25, 0.3) is 0 Å². The molecule has 0 aromatic heterocycles. The Bertz CT molecular complexity index is 139. The van der Waals surface area contributed by atoms with Gasteiger partial charge in [-0.2, -0.15) is 0 Å². The molecule has 0 aromatic carbocycles. The molecule has 0 bridgehead atoms. The largest absolute Gasteiger partial charge is 0.234 e. The highest BCUT2D eigenvalue weighted by atomic mass is 16.1. The summed E-state index contributed by atoms with van der Waals surface area (Å²) in [5, 5.41) is 0. The molecule has 12 heavy (non-hydrogen) atoms. The van der Waals surface area contributed by atoms with E-state index in [1.54, 1.807) is 6.08 Å². The third kappa shape index (κ3) is 7.49. The van der Waals surface area contributed by atoms with Gasteiger partial charge in [0.05, 0.1) is 6.54 Å². The van der Waals surface area contributed by atoms with Crippen molar-refractivity contribution >= 4 is 6.08 Å². The minimum atomic E-state index is 0.653. The van der Waals surface area contributed by atoms with Crippen LogP contribution in [0.3, 0.4) is 0 Å². The van der Waals surface area contributed by atoms with E-state index < -0.39 is 0 Å². The summed E-state index contributed by atoms with van der Waals surface area (Å²) in [5.41, 5.74) is 0. The van der Waals surface area contributed by atoms with E-state index in [-0.39, 0.29) is 0 Å². The van der Waals surface area contributed by atoms with Crippen molar-refractivity contribution in [2.75, 3.05) is 6.54 Å². The van der Waals surface area contributed by atoms with Crippen molar-refractivity contribution in [2.24, 2.45) is 10.9 Å². The zero-order chi connectivity index (χ0) is 9.23. The fraction of sp³-hybridized carbons (Fsp3) is 0.900. The lowest BCUT2D eigenvalue weighted by molar-refractivity contribution is 0.459. The lowest BCUT2D eigenvalue weighted by atomic mass is 9.99. The lowest BCUT2D eigenvalue weighted by Crippen LogP contribution is -1.95. The van der Waals surface area contributed by atoms with Crippen molar-refractivity contribution in [3.05, 3.63) is 0 Å². The van der Waals surface area contributed by atoms with Gasteiger partial charge < -0.3 is 0 Å². The summed E-state index contributed by atoms with van der Waals surface area (Å²) >= 11 is 0. The molecule has 70 valence electrons. The van der Waals surface area contributed by atoms with E-state index in [1.165, 1.54) is 25.7 Å². The van der Waals surface area contributed by atoms with Gasteiger partial charge in [-0.1, -0.05) is 33.1 Å². The van der Waals surface area contributed by atoms with Gasteiger partial charge in [-0.15, -0.1) is 0 Å². The van der Waals surface area contributed by atoms with Crippen molar-refractivity contribution < 1.29 is 4.79 Å². The SMILES string of the molecule is CCCCC(C)CCCN=C=O. The number of hydrogen-bond acceptors (Lipinski definition) is 2.